The number of hydrogen-bond donors (Lipinski definition) is 1. The number of benzene rings is 2. The van der Waals surface area contributed by atoms with E-state index in [0.29, 0.717) is 13.2 Å². The molecule has 0 spiro atoms. The van der Waals surface area contributed by atoms with Gasteiger partial charge in [-0.15, -0.1) is 0 Å². The van der Waals surface area contributed by atoms with E-state index in [0.717, 1.165) is 17.1 Å². The molecule has 2 aromatic rings. The monoisotopic (exact) mass is 255 g/mol. The molecule has 0 amide bonds. The Hall–Kier alpha value is -2.29. The smallest absolute Gasteiger partial charge is 0.122 e. The highest BCUT2D eigenvalue weighted by Crippen LogP contribution is 2.13. The van der Waals surface area contributed by atoms with Crippen LogP contribution in [0.4, 0.5) is 0 Å². The first-order chi connectivity index (χ1) is 9.28. The van der Waals surface area contributed by atoms with Crippen LogP contribution in [0.1, 0.15) is 11.1 Å². The minimum Gasteiger partial charge on any atom is -0.490 e. The van der Waals surface area contributed by atoms with Gasteiger partial charge in [0.1, 0.15) is 24.7 Å². The largest absolute Gasteiger partial charge is 0.490 e. The molecule has 0 saturated heterocycles. The quantitative estimate of drug-likeness (QED) is 0.634. The lowest BCUT2D eigenvalue weighted by atomic mass is 10.2. The van der Waals surface area contributed by atoms with Crippen LogP contribution in [0, 0.1) is 12.3 Å². The fraction of sp³-hybridized carbons (Fsp3) is 0.188. The van der Waals surface area contributed by atoms with E-state index < -0.39 is 0 Å². The van der Waals surface area contributed by atoms with Crippen molar-refractivity contribution in [3.05, 3.63) is 59.7 Å². The van der Waals surface area contributed by atoms with Crippen molar-refractivity contribution in [3.63, 3.8) is 0 Å². The fourth-order valence-corrected chi connectivity index (χ4v) is 1.68. The molecule has 1 N–H and O–H groups in total. The highest BCUT2D eigenvalue weighted by atomic mass is 16.5. The van der Waals surface area contributed by atoms with Gasteiger partial charge in [0.25, 0.3) is 0 Å². The minimum atomic E-state index is 0.498. The standard InChI is InChI=1S/C16H17NO2/c1-13-3-2-4-16(11-13)19-10-9-18-15-7-5-14(12-17)6-8-15/h2-8,11-12,17H,9-10H2,1H3. The van der Waals surface area contributed by atoms with Crippen LogP contribution in [0.25, 0.3) is 0 Å². The summed E-state index contributed by atoms with van der Waals surface area (Å²) < 4.78 is 11.1. The predicted octanol–water partition coefficient (Wildman–Crippen LogP) is 3.45. The lowest BCUT2D eigenvalue weighted by Crippen LogP contribution is -2.09. The van der Waals surface area contributed by atoms with Crippen LogP contribution in [0.3, 0.4) is 0 Å². The van der Waals surface area contributed by atoms with Gasteiger partial charge in [0.05, 0.1) is 0 Å². The van der Waals surface area contributed by atoms with Crippen molar-refractivity contribution in [1.82, 2.24) is 0 Å². The Labute approximate surface area is 113 Å². The van der Waals surface area contributed by atoms with E-state index in [2.05, 4.69) is 0 Å². The second-order valence-electron chi connectivity index (χ2n) is 4.23. The van der Waals surface area contributed by atoms with E-state index in [-0.39, 0.29) is 0 Å². The number of nitrogens with one attached hydrogen (secondary N) is 1. The summed E-state index contributed by atoms with van der Waals surface area (Å²) in [6.45, 7) is 3.04. The second kappa shape index (κ2) is 6.59. The maximum Gasteiger partial charge on any atom is 0.122 e. The Morgan fingerprint density at radius 3 is 2.26 bits per heavy atom. The van der Waals surface area contributed by atoms with E-state index in [1.165, 1.54) is 11.8 Å². The molecule has 0 aliphatic heterocycles. The molecule has 0 heterocycles. The molecule has 0 radical (unpaired) electrons. The average Bonchev–Trinajstić information content (AvgIpc) is 2.44. The third-order valence-corrected chi connectivity index (χ3v) is 2.66. The van der Waals surface area contributed by atoms with Gasteiger partial charge in [-0.3, -0.25) is 0 Å². The van der Waals surface area contributed by atoms with Gasteiger partial charge in [0.2, 0.25) is 0 Å². The van der Waals surface area contributed by atoms with Crippen molar-refractivity contribution in [1.29, 1.82) is 5.41 Å². The van der Waals surface area contributed by atoms with Crippen LogP contribution in [-0.4, -0.2) is 19.4 Å². The molecule has 3 nitrogen and oxygen atoms in total. The third kappa shape index (κ3) is 4.14. The molecule has 98 valence electrons. The first-order valence-corrected chi connectivity index (χ1v) is 6.21. The molecule has 0 aromatic heterocycles. The maximum atomic E-state index is 7.11. The van der Waals surface area contributed by atoms with Crippen LogP contribution < -0.4 is 9.47 Å². The Morgan fingerprint density at radius 1 is 0.947 bits per heavy atom. The van der Waals surface area contributed by atoms with Crippen LogP contribution in [0.5, 0.6) is 11.5 Å². The Balaban J connectivity index is 1.75. The molecule has 0 saturated carbocycles. The average molecular weight is 255 g/mol. The van der Waals surface area contributed by atoms with Crippen LogP contribution >= 0.6 is 0 Å². The van der Waals surface area contributed by atoms with E-state index >= 15 is 0 Å². The zero-order chi connectivity index (χ0) is 13.5. The number of ether oxygens (including phenoxy) is 2. The molecule has 0 aliphatic carbocycles. The normalized spacial score (nSPS) is 9.95. The molecule has 2 aromatic carbocycles. The Kier molecular flexibility index (Phi) is 4.56. The molecule has 0 fully saturated rings. The number of aryl methyl sites for hydroxylation is 1. The molecular formula is C16H17NO2. The third-order valence-electron chi connectivity index (χ3n) is 2.66. The Morgan fingerprint density at radius 2 is 1.63 bits per heavy atom. The van der Waals surface area contributed by atoms with Gasteiger partial charge >= 0.3 is 0 Å². The molecule has 0 aliphatic rings. The summed E-state index contributed by atoms with van der Waals surface area (Å²) in [6.07, 6.45) is 1.31. The van der Waals surface area contributed by atoms with Gasteiger partial charge in [-0.05, 0) is 54.4 Å². The summed E-state index contributed by atoms with van der Waals surface area (Å²) in [6, 6.07) is 15.4. The summed E-state index contributed by atoms with van der Waals surface area (Å²) in [5.41, 5.74) is 2.05. The SMILES string of the molecule is Cc1cccc(OCCOc2ccc(C=N)cc2)c1. The molecule has 19 heavy (non-hydrogen) atoms. The lowest BCUT2D eigenvalue weighted by molar-refractivity contribution is 0.217. The van der Waals surface area contributed by atoms with Crippen molar-refractivity contribution in [2.24, 2.45) is 0 Å². The van der Waals surface area contributed by atoms with Crippen molar-refractivity contribution in [2.75, 3.05) is 13.2 Å². The van der Waals surface area contributed by atoms with Gasteiger partial charge < -0.3 is 14.9 Å². The first kappa shape index (κ1) is 13.1. The van der Waals surface area contributed by atoms with Crippen molar-refractivity contribution in [3.8, 4) is 11.5 Å². The van der Waals surface area contributed by atoms with Crippen LogP contribution in [-0.2, 0) is 0 Å². The van der Waals surface area contributed by atoms with Gasteiger partial charge in [0, 0.05) is 6.21 Å². The zero-order valence-electron chi connectivity index (χ0n) is 10.9. The van der Waals surface area contributed by atoms with Crippen molar-refractivity contribution in [2.45, 2.75) is 6.92 Å². The van der Waals surface area contributed by atoms with E-state index in [1.54, 1.807) is 0 Å². The summed E-state index contributed by atoms with van der Waals surface area (Å²) in [5, 5.41) is 7.11. The topological polar surface area (TPSA) is 42.3 Å². The zero-order valence-corrected chi connectivity index (χ0v) is 10.9. The summed E-state index contributed by atoms with van der Waals surface area (Å²) in [4.78, 5) is 0. The highest BCUT2D eigenvalue weighted by molar-refractivity contribution is 5.76. The number of rotatable bonds is 6. The van der Waals surface area contributed by atoms with Gasteiger partial charge in [-0.25, -0.2) is 0 Å². The van der Waals surface area contributed by atoms with Crippen LogP contribution in [0.2, 0.25) is 0 Å². The molecular weight excluding hydrogens is 238 g/mol. The lowest BCUT2D eigenvalue weighted by Gasteiger charge is -2.08. The van der Waals surface area contributed by atoms with Gasteiger partial charge in [0.15, 0.2) is 0 Å². The predicted molar refractivity (Wildman–Crippen MR) is 76.5 cm³/mol. The van der Waals surface area contributed by atoms with E-state index in [9.17, 15) is 0 Å². The fourth-order valence-electron chi connectivity index (χ4n) is 1.68. The molecule has 0 bridgehead atoms. The highest BCUT2D eigenvalue weighted by Gasteiger charge is 1.96. The minimum absolute atomic E-state index is 0.498. The van der Waals surface area contributed by atoms with E-state index in [1.807, 2.05) is 55.5 Å². The van der Waals surface area contributed by atoms with Gasteiger partial charge in [-0.1, -0.05) is 12.1 Å². The van der Waals surface area contributed by atoms with Gasteiger partial charge in [-0.2, -0.15) is 0 Å². The van der Waals surface area contributed by atoms with Crippen LogP contribution in [0.15, 0.2) is 48.5 Å². The maximum absolute atomic E-state index is 7.11. The molecule has 3 heteroatoms. The molecule has 0 unspecified atom stereocenters. The van der Waals surface area contributed by atoms with Crippen molar-refractivity contribution >= 4 is 6.21 Å². The molecule has 0 atom stereocenters. The first-order valence-electron chi connectivity index (χ1n) is 6.21. The van der Waals surface area contributed by atoms with E-state index in [4.69, 9.17) is 14.9 Å². The van der Waals surface area contributed by atoms with Crippen molar-refractivity contribution < 1.29 is 9.47 Å². The summed E-state index contributed by atoms with van der Waals surface area (Å²) >= 11 is 0. The summed E-state index contributed by atoms with van der Waals surface area (Å²) in [7, 11) is 0. The second-order valence-corrected chi connectivity index (χ2v) is 4.23. The molecule has 2 rings (SSSR count). The Bertz CT molecular complexity index is 535. The summed E-state index contributed by atoms with van der Waals surface area (Å²) in [5.74, 6) is 1.65. The number of hydrogen-bond acceptors (Lipinski definition) is 3.